The molecule has 88 valence electrons. The van der Waals surface area contributed by atoms with Gasteiger partial charge in [0.05, 0.1) is 12.2 Å². The average Bonchev–Trinajstić information content (AvgIpc) is 2.38. The van der Waals surface area contributed by atoms with E-state index in [0.29, 0.717) is 18.6 Å². The van der Waals surface area contributed by atoms with Gasteiger partial charge in [0.1, 0.15) is 0 Å². The van der Waals surface area contributed by atoms with E-state index in [1.54, 1.807) is 24.3 Å². The van der Waals surface area contributed by atoms with Crippen molar-refractivity contribution in [2.75, 3.05) is 6.61 Å². The monoisotopic (exact) mass is 228 g/mol. The predicted molar refractivity (Wildman–Crippen MR) is 69.8 cm³/mol. The maximum atomic E-state index is 11.6. The second kappa shape index (κ2) is 7.23. The van der Waals surface area contributed by atoms with Crippen molar-refractivity contribution in [3.8, 4) is 0 Å². The Balaban J connectivity index is 2.42. The first-order valence-electron chi connectivity index (χ1n) is 5.44. The van der Waals surface area contributed by atoms with Gasteiger partial charge in [0, 0.05) is 6.42 Å². The molecule has 0 unspecified atom stereocenters. The van der Waals surface area contributed by atoms with Crippen molar-refractivity contribution in [2.24, 2.45) is 0 Å². The number of hydrogen-bond donors (Lipinski definition) is 0. The maximum Gasteiger partial charge on any atom is 0.338 e. The lowest BCUT2D eigenvalue weighted by Gasteiger charge is -2.05. The van der Waals surface area contributed by atoms with Crippen LogP contribution in [0.1, 0.15) is 16.8 Å². The van der Waals surface area contributed by atoms with Gasteiger partial charge in [-0.1, -0.05) is 49.6 Å². The van der Waals surface area contributed by atoms with Gasteiger partial charge in [-0.25, -0.2) is 4.79 Å². The molecule has 0 aromatic heterocycles. The molecule has 1 aromatic rings. The summed E-state index contributed by atoms with van der Waals surface area (Å²) in [6.07, 6.45) is 5.92. The fourth-order valence-corrected chi connectivity index (χ4v) is 1.32. The van der Waals surface area contributed by atoms with Crippen molar-refractivity contribution < 1.29 is 9.53 Å². The summed E-state index contributed by atoms with van der Waals surface area (Å²) in [7, 11) is 0. The Morgan fingerprint density at radius 3 is 2.53 bits per heavy atom. The molecule has 0 radical (unpaired) electrons. The molecule has 0 aliphatic heterocycles. The number of allylic oxidation sites excluding steroid dienone is 3. The van der Waals surface area contributed by atoms with Crippen LogP contribution >= 0.6 is 0 Å². The fraction of sp³-hybridized carbons (Fsp3) is 0.133. The van der Waals surface area contributed by atoms with Crippen molar-refractivity contribution in [3.63, 3.8) is 0 Å². The standard InChI is InChI=1S/C15H16O2/c1-3-8-13(4-2)11-12-17-15(16)14-9-6-5-7-10-14/h3-10H,1-2,11-12H2/b13-8+. The highest BCUT2D eigenvalue weighted by atomic mass is 16.5. The third kappa shape index (κ3) is 4.51. The molecular formula is C15H16O2. The first-order valence-corrected chi connectivity index (χ1v) is 5.44. The number of benzene rings is 1. The second-order valence-electron chi connectivity index (χ2n) is 3.43. The lowest BCUT2D eigenvalue weighted by Crippen LogP contribution is -2.06. The number of carbonyl (C=O) groups is 1. The molecule has 0 N–H and O–H groups in total. The zero-order valence-corrected chi connectivity index (χ0v) is 9.76. The molecular weight excluding hydrogens is 212 g/mol. The molecule has 0 spiro atoms. The van der Waals surface area contributed by atoms with Crippen LogP contribution < -0.4 is 0 Å². The summed E-state index contributed by atoms with van der Waals surface area (Å²) in [5, 5.41) is 0. The highest BCUT2D eigenvalue weighted by molar-refractivity contribution is 5.89. The summed E-state index contributed by atoms with van der Waals surface area (Å²) < 4.78 is 5.14. The van der Waals surface area contributed by atoms with Crippen molar-refractivity contribution in [1.29, 1.82) is 0 Å². The van der Waals surface area contributed by atoms with E-state index in [2.05, 4.69) is 13.2 Å². The quantitative estimate of drug-likeness (QED) is 0.550. The molecule has 0 aliphatic rings. The molecule has 1 rings (SSSR count). The normalized spacial score (nSPS) is 10.7. The van der Waals surface area contributed by atoms with E-state index in [9.17, 15) is 4.79 Å². The smallest absolute Gasteiger partial charge is 0.338 e. The van der Waals surface area contributed by atoms with Gasteiger partial charge in [-0.3, -0.25) is 0 Å². The van der Waals surface area contributed by atoms with Crippen LogP contribution in [0.2, 0.25) is 0 Å². The van der Waals surface area contributed by atoms with Crippen LogP contribution in [0.5, 0.6) is 0 Å². The highest BCUT2D eigenvalue weighted by Gasteiger charge is 2.05. The third-order valence-electron chi connectivity index (χ3n) is 2.23. The summed E-state index contributed by atoms with van der Waals surface area (Å²) in [6, 6.07) is 8.94. The van der Waals surface area contributed by atoms with E-state index in [1.165, 1.54) is 0 Å². The van der Waals surface area contributed by atoms with Crippen LogP contribution in [0.3, 0.4) is 0 Å². The molecule has 0 amide bonds. The Morgan fingerprint density at radius 1 is 1.24 bits per heavy atom. The fourth-order valence-electron chi connectivity index (χ4n) is 1.32. The molecule has 0 saturated heterocycles. The van der Waals surface area contributed by atoms with Crippen molar-refractivity contribution >= 4 is 5.97 Å². The Hall–Kier alpha value is -2.09. The van der Waals surface area contributed by atoms with Crippen molar-refractivity contribution in [1.82, 2.24) is 0 Å². The number of esters is 1. The van der Waals surface area contributed by atoms with Gasteiger partial charge in [-0.05, 0) is 17.7 Å². The maximum absolute atomic E-state index is 11.6. The van der Waals surface area contributed by atoms with Crippen LogP contribution in [0.25, 0.3) is 0 Å². The Labute approximate surface area is 102 Å². The molecule has 0 fully saturated rings. The summed E-state index contributed by atoms with van der Waals surface area (Å²) >= 11 is 0. The molecule has 0 heterocycles. The summed E-state index contributed by atoms with van der Waals surface area (Å²) in [5.74, 6) is -0.299. The van der Waals surface area contributed by atoms with Crippen molar-refractivity contribution in [2.45, 2.75) is 6.42 Å². The minimum atomic E-state index is -0.299. The van der Waals surface area contributed by atoms with Crippen LogP contribution in [-0.2, 0) is 4.74 Å². The Bertz CT molecular complexity index is 416. The largest absolute Gasteiger partial charge is 0.462 e. The third-order valence-corrected chi connectivity index (χ3v) is 2.23. The molecule has 0 aliphatic carbocycles. The SMILES string of the molecule is C=C/C=C(\C=C)CCOC(=O)c1ccccc1. The van der Waals surface area contributed by atoms with Gasteiger partial charge >= 0.3 is 5.97 Å². The first-order chi connectivity index (χ1) is 8.27. The number of carbonyl (C=O) groups excluding carboxylic acids is 1. The van der Waals surface area contributed by atoms with Gasteiger partial charge in [-0.2, -0.15) is 0 Å². The van der Waals surface area contributed by atoms with Crippen LogP contribution in [0.15, 0.2) is 67.3 Å². The average molecular weight is 228 g/mol. The van der Waals surface area contributed by atoms with Crippen LogP contribution in [-0.4, -0.2) is 12.6 Å². The molecule has 0 saturated carbocycles. The van der Waals surface area contributed by atoms with Crippen molar-refractivity contribution in [3.05, 3.63) is 72.9 Å². The van der Waals surface area contributed by atoms with Gasteiger partial charge in [-0.15, -0.1) is 0 Å². The van der Waals surface area contributed by atoms with E-state index in [-0.39, 0.29) is 5.97 Å². The predicted octanol–water partition coefficient (Wildman–Crippen LogP) is 3.53. The Morgan fingerprint density at radius 2 is 1.94 bits per heavy atom. The van der Waals surface area contributed by atoms with Gasteiger partial charge in [0.2, 0.25) is 0 Å². The minimum absolute atomic E-state index is 0.299. The summed E-state index contributed by atoms with van der Waals surface area (Å²) in [5.41, 5.74) is 1.57. The van der Waals surface area contributed by atoms with E-state index in [1.807, 2.05) is 24.3 Å². The van der Waals surface area contributed by atoms with E-state index in [4.69, 9.17) is 4.74 Å². The number of rotatable bonds is 6. The van der Waals surface area contributed by atoms with E-state index < -0.39 is 0 Å². The van der Waals surface area contributed by atoms with Crippen LogP contribution in [0.4, 0.5) is 0 Å². The van der Waals surface area contributed by atoms with E-state index >= 15 is 0 Å². The van der Waals surface area contributed by atoms with Gasteiger partial charge < -0.3 is 4.74 Å². The number of hydrogen-bond acceptors (Lipinski definition) is 2. The zero-order chi connectivity index (χ0) is 12.5. The minimum Gasteiger partial charge on any atom is -0.462 e. The molecule has 0 atom stereocenters. The summed E-state index contributed by atoms with van der Waals surface area (Å²) in [4.78, 5) is 11.6. The lowest BCUT2D eigenvalue weighted by atomic mass is 10.2. The molecule has 2 heteroatoms. The molecule has 17 heavy (non-hydrogen) atoms. The Kier molecular flexibility index (Phi) is 5.52. The molecule has 2 nitrogen and oxygen atoms in total. The summed E-state index contributed by atoms with van der Waals surface area (Å²) in [6.45, 7) is 7.63. The zero-order valence-electron chi connectivity index (χ0n) is 9.76. The second-order valence-corrected chi connectivity index (χ2v) is 3.43. The number of ether oxygens (including phenoxy) is 1. The van der Waals surface area contributed by atoms with Gasteiger partial charge in [0.15, 0.2) is 0 Å². The molecule has 1 aromatic carbocycles. The molecule has 0 bridgehead atoms. The topological polar surface area (TPSA) is 26.3 Å². The highest BCUT2D eigenvalue weighted by Crippen LogP contribution is 2.06. The van der Waals surface area contributed by atoms with Gasteiger partial charge in [0.25, 0.3) is 0 Å². The van der Waals surface area contributed by atoms with Crippen LogP contribution in [0, 0.1) is 0 Å². The van der Waals surface area contributed by atoms with E-state index in [0.717, 1.165) is 5.57 Å². The lowest BCUT2D eigenvalue weighted by molar-refractivity contribution is 0.0510. The first kappa shape index (κ1) is 13.0.